The maximum atomic E-state index is 11.4. The summed E-state index contributed by atoms with van der Waals surface area (Å²) in [7, 11) is -4.02. The minimum Gasteiger partial charge on any atom is -0.335 e. The van der Waals surface area contributed by atoms with Crippen LogP contribution in [0.2, 0.25) is 5.02 Å². The van der Waals surface area contributed by atoms with Crippen molar-refractivity contribution in [3.05, 3.63) is 81.3 Å². The summed E-state index contributed by atoms with van der Waals surface area (Å²) in [5.41, 5.74) is 3.41. The fourth-order valence-electron chi connectivity index (χ4n) is 4.68. The summed E-state index contributed by atoms with van der Waals surface area (Å²) in [6.45, 7) is 5.62. The Hall–Kier alpha value is -2.36. The van der Waals surface area contributed by atoms with Crippen LogP contribution in [0, 0.1) is 0 Å². The van der Waals surface area contributed by atoms with E-state index >= 15 is 0 Å². The van der Waals surface area contributed by atoms with Gasteiger partial charge in [-0.05, 0) is 60.7 Å². The quantitative estimate of drug-likeness (QED) is 0.175. The third kappa shape index (κ3) is 5.59. The summed E-state index contributed by atoms with van der Waals surface area (Å²) in [5, 5.41) is 5.23. The topological polar surface area (TPSA) is 61.5 Å². The third-order valence-corrected chi connectivity index (χ3v) is 9.68. The Labute approximate surface area is 230 Å². The second-order valence-electron chi connectivity index (χ2n) is 8.88. The number of hydrogen-bond acceptors (Lipinski definition) is 5. The van der Waals surface area contributed by atoms with Gasteiger partial charge in [0.15, 0.2) is 6.54 Å². The molecule has 0 saturated carbocycles. The molecule has 0 saturated heterocycles. The Morgan fingerprint density at radius 1 is 1.14 bits per heavy atom. The van der Waals surface area contributed by atoms with Gasteiger partial charge < -0.3 is 4.90 Å². The lowest BCUT2D eigenvalue weighted by Crippen LogP contribution is -2.36. The fraction of sp³-hybridized carbons (Fsp3) is 0.250. The summed E-state index contributed by atoms with van der Waals surface area (Å²) >= 11 is 9.73. The van der Waals surface area contributed by atoms with Crippen LogP contribution in [0.25, 0.3) is 27.1 Å². The number of halogens is 1. The average molecular weight is 572 g/mol. The standard InChI is InChI=1S/C28H27ClN2O3S3/c1-3-19(16-26-30(4-2)23-18-21(29)11-13-24(23)35-26)17-27-31(14-7-15-37(32,33)34)28-22-9-6-5-8-20(22)10-12-25(28)36-27/h5-6,8-13,16-18H,3-4,7,14-15H2,1-2H3/p+1. The highest BCUT2D eigenvalue weighted by molar-refractivity contribution is 8.03. The lowest BCUT2D eigenvalue weighted by Gasteiger charge is -2.18. The molecule has 2 heterocycles. The van der Waals surface area contributed by atoms with Crippen molar-refractivity contribution >= 4 is 77.6 Å². The number of rotatable bonds is 8. The molecule has 0 radical (unpaired) electrons. The monoisotopic (exact) mass is 571 g/mol. The van der Waals surface area contributed by atoms with E-state index in [0.717, 1.165) is 54.7 Å². The SMILES string of the molecule is CCC(=C/c1sc2ccc3ccccc3c2[n+]1CCCS(=O)(=O)O)/C=C1\Sc2ccc(Cl)cc2N1CC. The Balaban J connectivity index is 1.59. The predicted octanol–water partition coefficient (Wildman–Crippen LogP) is 7.54. The molecule has 1 N–H and O–H groups in total. The first-order valence-corrected chi connectivity index (χ1v) is 15.9. The van der Waals surface area contributed by atoms with Crippen LogP contribution in [0.15, 0.2) is 76.2 Å². The van der Waals surface area contributed by atoms with E-state index in [4.69, 9.17) is 11.6 Å². The summed E-state index contributed by atoms with van der Waals surface area (Å²) in [4.78, 5) is 3.48. The van der Waals surface area contributed by atoms with Crippen molar-refractivity contribution in [1.29, 1.82) is 0 Å². The molecule has 5 rings (SSSR count). The van der Waals surface area contributed by atoms with Gasteiger partial charge in [0.05, 0.1) is 21.9 Å². The first-order valence-electron chi connectivity index (χ1n) is 12.2. The van der Waals surface area contributed by atoms with Gasteiger partial charge in [0.1, 0.15) is 4.70 Å². The van der Waals surface area contributed by atoms with Crippen LogP contribution in [-0.2, 0) is 16.7 Å². The highest BCUT2D eigenvalue weighted by Crippen LogP contribution is 2.47. The van der Waals surface area contributed by atoms with Crippen molar-refractivity contribution in [3.63, 3.8) is 0 Å². The molecular weight excluding hydrogens is 544 g/mol. The van der Waals surface area contributed by atoms with Gasteiger partial charge in [-0.15, -0.1) is 0 Å². The predicted molar refractivity (Wildman–Crippen MR) is 157 cm³/mol. The van der Waals surface area contributed by atoms with E-state index in [9.17, 15) is 13.0 Å². The zero-order valence-corrected chi connectivity index (χ0v) is 23.9. The maximum absolute atomic E-state index is 11.4. The van der Waals surface area contributed by atoms with Crippen molar-refractivity contribution < 1.29 is 17.5 Å². The van der Waals surface area contributed by atoms with Gasteiger partial charge in [0.25, 0.3) is 15.1 Å². The minimum absolute atomic E-state index is 0.265. The van der Waals surface area contributed by atoms with E-state index in [0.29, 0.717) is 13.0 Å². The van der Waals surface area contributed by atoms with Crippen LogP contribution in [0.3, 0.4) is 0 Å². The summed E-state index contributed by atoms with van der Waals surface area (Å²) in [6.07, 6.45) is 5.63. The zero-order chi connectivity index (χ0) is 26.2. The van der Waals surface area contributed by atoms with Gasteiger partial charge in [0.2, 0.25) is 5.52 Å². The van der Waals surface area contributed by atoms with Gasteiger partial charge in [-0.2, -0.15) is 13.0 Å². The maximum Gasteiger partial charge on any atom is 0.265 e. The lowest BCUT2D eigenvalue weighted by molar-refractivity contribution is -0.667. The van der Waals surface area contributed by atoms with Crippen molar-refractivity contribution in [2.24, 2.45) is 0 Å². The molecule has 3 aromatic carbocycles. The molecule has 1 aromatic heterocycles. The van der Waals surface area contributed by atoms with E-state index in [2.05, 4.69) is 65.8 Å². The molecule has 0 spiro atoms. The van der Waals surface area contributed by atoms with Gasteiger partial charge in [0, 0.05) is 29.0 Å². The van der Waals surface area contributed by atoms with E-state index in [1.54, 1.807) is 23.1 Å². The van der Waals surface area contributed by atoms with Gasteiger partial charge in [-0.25, -0.2) is 0 Å². The highest BCUT2D eigenvalue weighted by Gasteiger charge is 2.26. The second kappa shape index (κ2) is 10.8. The first-order chi connectivity index (χ1) is 17.8. The summed E-state index contributed by atoms with van der Waals surface area (Å²) in [5.74, 6) is -0.265. The molecule has 5 nitrogen and oxygen atoms in total. The number of nitrogens with zero attached hydrogens (tertiary/aromatic N) is 2. The highest BCUT2D eigenvalue weighted by atomic mass is 35.5. The Kier molecular flexibility index (Phi) is 7.65. The van der Waals surface area contributed by atoms with E-state index < -0.39 is 10.1 Å². The number of fused-ring (bicyclic) bond motifs is 4. The number of allylic oxidation sites excluding steroid dienone is 2. The number of hydrogen-bond donors (Lipinski definition) is 1. The minimum atomic E-state index is -4.02. The largest absolute Gasteiger partial charge is 0.335 e. The van der Waals surface area contributed by atoms with E-state index in [1.807, 2.05) is 24.3 Å². The summed E-state index contributed by atoms with van der Waals surface area (Å²) in [6, 6.07) is 18.5. The second-order valence-corrected chi connectivity index (χ2v) is 13.0. The third-order valence-electron chi connectivity index (χ3n) is 6.43. The molecule has 0 atom stereocenters. The van der Waals surface area contributed by atoms with Crippen molar-refractivity contribution in [2.75, 3.05) is 17.2 Å². The molecule has 0 aliphatic carbocycles. The smallest absolute Gasteiger partial charge is 0.265 e. The number of aromatic nitrogens is 1. The van der Waals surface area contributed by atoms with E-state index in [-0.39, 0.29) is 5.75 Å². The number of aryl methyl sites for hydroxylation is 1. The zero-order valence-electron chi connectivity index (χ0n) is 20.6. The van der Waals surface area contributed by atoms with Crippen LogP contribution < -0.4 is 9.47 Å². The summed E-state index contributed by atoms with van der Waals surface area (Å²) < 4.78 is 35.5. The fourth-order valence-corrected chi connectivity index (χ4v) is 7.70. The molecule has 4 aromatic rings. The van der Waals surface area contributed by atoms with Crippen LogP contribution in [0.1, 0.15) is 31.7 Å². The van der Waals surface area contributed by atoms with Crippen molar-refractivity contribution in [2.45, 2.75) is 38.1 Å². The van der Waals surface area contributed by atoms with Crippen molar-refractivity contribution in [1.82, 2.24) is 0 Å². The number of thioether (sulfide) groups is 1. The van der Waals surface area contributed by atoms with Crippen LogP contribution in [0.5, 0.6) is 0 Å². The molecule has 0 unspecified atom stereocenters. The van der Waals surface area contributed by atoms with Gasteiger partial charge >= 0.3 is 0 Å². The van der Waals surface area contributed by atoms with E-state index in [1.165, 1.54) is 10.5 Å². The molecule has 1 aliphatic heterocycles. The molecule has 0 bridgehead atoms. The van der Waals surface area contributed by atoms with Gasteiger partial charge in [-0.1, -0.05) is 65.9 Å². The lowest BCUT2D eigenvalue weighted by atomic mass is 10.1. The first kappa shape index (κ1) is 26.3. The molecule has 0 fully saturated rings. The molecule has 192 valence electrons. The number of thiazole rings is 1. The number of anilines is 1. The molecule has 1 aliphatic rings. The Morgan fingerprint density at radius 3 is 2.70 bits per heavy atom. The average Bonchev–Trinajstić information content (AvgIpc) is 3.39. The van der Waals surface area contributed by atoms with Crippen LogP contribution >= 0.6 is 34.7 Å². The molecular formula is C28H28ClN2O3S3+. The van der Waals surface area contributed by atoms with Crippen molar-refractivity contribution in [3.8, 4) is 0 Å². The number of benzene rings is 3. The Morgan fingerprint density at radius 2 is 1.95 bits per heavy atom. The molecule has 9 heteroatoms. The Bertz CT molecular complexity index is 1660. The van der Waals surface area contributed by atoms with Crippen LogP contribution in [-0.4, -0.2) is 25.3 Å². The molecule has 0 amide bonds. The van der Waals surface area contributed by atoms with Gasteiger partial charge in [-0.3, -0.25) is 4.55 Å². The molecule has 37 heavy (non-hydrogen) atoms. The van der Waals surface area contributed by atoms with Crippen LogP contribution in [0.4, 0.5) is 5.69 Å². The normalized spacial score (nSPS) is 15.3.